The summed E-state index contributed by atoms with van der Waals surface area (Å²) in [6.45, 7) is 3.29. The average molecular weight is 465 g/mol. The monoisotopic (exact) mass is 464 g/mol. The Morgan fingerprint density at radius 3 is 2.27 bits per heavy atom. The highest BCUT2D eigenvalue weighted by atomic mass is 32.1. The zero-order valence-electron chi connectivity index (χ0n) is 18.9. The van der Waals surface area contributed by atoms with Crippen LogP contribution in [0, 0.1) is 0 Å². The fourth-order valence-corrected chi connectivity index (χ4v) is 4.26. The molecule has 0 spiro atoms. The molecular formula is C25H28N4O3S. The molecule has 4 aromatic rings. The van der Waals surface area contributed by atoms with E-state index < -0.39 is 0 Å². The van der Waals surface area contributed by atoms with E-state index in [1.54, 1.807) is 38.1 Å². The van der Waals surface area contributed by atoms with E-state index in [9.17, 15) is 0 Å². The molecule has 2 aromatic carbocycles. The van der Waals surface area contributed by atoms with Crippen molar-refractivity contribution < 1.29 is 14.2 Å². The summed E-state index contributed by atoms with van der Waals surface area (Å²) >= 11 is 1.63. The summed E-state index contributed by atoms with van der Waals surface area (Å²) in [6.07, 6.45) is 5.49. The SMILES string of the molecule is COc1cccc(CN(Cc2cccc(OC)c2)c2nc(COCCn3ccnc3)cs2)c1. The van der Waals surface area contributed by atoms with Gasteiger partial charge in [-0.3, -0.25) is 0 Å². The van der Waals surface area contributed by atoms with Crippen LogP contribution in [-0.2, 0) is 31.0 Å². The van der Waals surface area contributed by atoms with E-state index in [-0.39, 0.29) is 0 Å². The first-order chi connectivity index (χ1) is 16.2. The second kappa shape index (κ2) is 11.5. The normalized spacial score (nSPS) is 10.8. The van der Waals surface area contributed by atoms with E-state index in [0.29, 0.717) is 26.3 Å². The lowest BCUT2D eigenvalue weighted by Crippen LogP contribution is -2.22. The molecule has 0 saturated carbocycles. The highest BCUT2D eigenvalue weighted by molar-refractivity contribution is 7.13. The Kier molecular flexibility index (Phi) is 7.94. The number of ether oxygens (including phenoxy) is 3. The Bertz CT molecular complexity index is 1080. The van der Waals surface area contributed by atoms with Crippen LogP contribution in [-0.4, -0.2) is 35.4 Å². The molecule has 0 bridgehead atoms. The van der Waals surface area contributed by atoms with Gasteiger partial charge < -0.3 is 23.7 Å². The number of benzene rings is 2. The fourth-order valence-electron chi connectivity index (χ4n) is 3.45. The Hall–Kier alpha value is -3.36. The van der Waals surface area contributed by atoms with Gasteiger partial charge in [0.15, 0.2) is 5.13 Å². The van der Waals surface area contributed by atoms with Gasteiger partial charge in [0.1, 0.15) is 11.5 Å². The summed E-state index contributed by atoms with van der Waals surface area (Å²) in [7, 11) is 3.38. The first-order valence-corrected chi connectivity index (χ1v) is 11.6. The van der Waals surface area contributed by atoms with Gasteiger partial charge in [0.05, 0.1) is 39.5 Å². The van der Waals surface area contributed by atoms with Crippen molar-refractivity contribution in [3.05, 3.63) is 89.5 Å². The molecule has 4 rings (SSSR count). The van der Waals surface area contributed by atoms with Gasteiger partial charge in [0.2, 0.25) is 0 Å². The molecule has 0 aliphatic carbocycles. The highest BCUT2D eigenvalue weighted by Crippen LogP contribution is 2.27. The topological polar surface area (TPSA) is 61.6 Å². The van der Waals surface area contributed by atoms with Crippen molar-refractivity contribution in [3.63, 3.8) is 0 Å². The third kappa shape index (κ3) is 6.57. The molecule has 0 N–H and O–H groups in total. The van der Waals surface area contributed by atoms with Crippen LogP contribution in [0.4, 0.5) is 5.13 Å². The molecule has 0 amide bonds. The molecule has 0 fully saturated rings. The predicted octanol–water partition coefficient (Wildman–Crippen LogP) is 4.78. The molecule has 0 aliphatic rings. The maximum atomic E-state index is 5.83. The lowest BCUT2D eigenvalue weighted by atomic mass is 10.1. The molecular weight excluding hydrogens is 436 g/mol. The molecule has 0 unspecified atom stereocenters. The van der Waals surface area contributed by atoms with Crippen molar-refractivity contribution in [2.75, 3.05) is 25.7 Å². The van der Waals surface area contributed by atoms with E-state index in [1.165, 1.54) is 0 Å². The van der Waals surface area contributed by atoms with Crippen molar-refractivity contribution in [1.29, 1.82) is 0 Å². The standard InChI is InChI=1S/C25H28N4O3S/c1-30-23-7-3-5-20(13-23)15-29(16-21-6-4-8-24(14-21)31-2)25-27-22(18-33-25)17-32-12-11-28-10-9-26-19-28/h3-10,13-14,18-19H,11-12,15-17H2,1-2H3. The zero-order chi connectivity index (χ0) is 22.9. The fraction of sp³-hybridized carbons (Fsp3) is 0.280. The molecule has 0 atom stereocenters. The first kappa shape index (κ1) is 22.8. The summed E-state index contributed by atoms with van der Waals surface area (Å²) in [4.78, 5) is 11.2. The second-order valence-electron chi connectivity index (χ2n) is 7.53. The average Bonchev–Trinajstić information content (AvgIpc) is 3.54. The summed E-state index contributed by atoms with van der Waals surface area (Å²) < 4.78 is 18.6. The van der Waals surface area contributed by atoms with E-state index in [1.807, 2.05) is 35.0 Å². The van der Waals surface area contributed by atoms with Gasteiger partial charge >= 0.3 is 0 Å². The number of hydrogen-bond donors (Lipinski definition) is 0. The van der Waals surface area contributed by atoms with Crippen molar-refractivity contribution in [2.45, 2.75) is 26.2 Å². The number of hydrogen-bond acceptors (Lipinski definition) is 7. The van der Waals surface area contributed by atoms with E-state index in [0.717, 1.165) is 40.0 Å². The number of anilines is 1. The number of aromatic nitrogens is 3. The maximum Gasteiger partial charge on any atom is 0.186 e. The van der Waals surface area contributed by atoms with E-state index in [2.05, 4.69) is 39.5 Å². The summed E-state index contributed by atoms with van der Waals surface area (Å²) in [5, 5.41) is 3.02. The van der Waals surface area contributed by atoms with Crippen LogP contribution >= 0.6 is 11.3 Å². The van der Waals surface area contributed by atoms with Crippen LogP contribution in [0.15, 0.2) is 72.6 Å². The minimum absolute atomic E-state index is 0.483. The summed E-state index contributed by atoms with van der Waals surface area (Å²) in [5.41, 5.74) is 3.25. The van der Waals surface area contributed by atoms with Gasteiger partial charge in [0.25, 0.3) is 0 Å². The molecule has 2 heterocycles. The van der Waals surface area contributed by atoms with Gasteiger partial charge in [-0.1, -0.05) is 24.3 Å². The summed E-state index contributed by atoms with van der Waals surface area (Å²) in [6, 6.07) is 16.3. The van der Waals surface area contributed by atoms with Crippen LogP contribution in [0.2, 0.25) is 0 Å². The highest BCUT2D eigenvalue weighted by Gasteiger charge is 2.14. The molecule has 0 aliphatic heterocycles. The Morgan fingerprint density at radius 2 is 1.67 bits per heavy atom. The van der Waals surface area contributed by atoms with Crippen LogP contribution in [0.1, 0.15) is 16.8 Å². The lowest BCUT2D eigenvalue weighted by Gasteiger charge is -2.22. The predicted molar refractivity (Wildman–Crippen MR) is 130 cm³/mol. The summed E-state index contributed by atoms with van der Waals surface area (Å²) in [5.74, 6) is 1.69. The largest absolute Gasteiger partial charge is 0.497 e. The second-order valence-corrected chi connectivity index (χ2v) is 8.37. The third-order valence-corrected chi connectivity index (χ3v) is 6.08. The lowest BCUT2D eigenvalue weighted by molar-refractivity contribution is 0.111. The van der Waals surface area contributed by atoms with Crippen LogP contribution < -0.4 is 14.4 Å². The molecule has 0 radical (unpaired) electrons. The minimum atomic E-state index is 0.483. The van der Waals surface area contributed by atoms with Gasteiger partial charge in [0, 0.05) is 37.4 Å². The minimum Gasteiger partial charge on any atom is -0.497 e. The Balaban J connectivity index is 1.46. The number of nitrogens with zero attached hydrogens (tertiary/aromatic N) is 4. The molecule has 7 nitrogen and oxygen atoms in total. The molecule has 8 heteroatoms. The smallest absolute Gasteiger partial charge is 0.186 e. The number of rotatable bonds is 12. The van der Waals surface area contributed by atoms with Gasteiger partial charge in [-0.15, -0.1) is 11.3 Å². The van der Waals surface area contributed by atoms with Crippen molar-refractivity contribution in [2.24, 2.45) is 0 Å². The van der Waals surface area contributed by atoms with E-state index >= 15 is 0 Å². The quantitative estimate of drug-likeness (QED) is 0.281. The van der Waals surface area contributed by atoms with Crippen molar-refractivity contribution in [3.8, 4) is 11.5 Å². The third-order valence-electron chi connectivity index (χ3n) is 5.13. The van der Waals surface area contributed by atoms with E-state index in [4.69, 9.17) is 19.2 Å². The van der Waals surface area contributed by atoms with Crippen LogP contribution in [0.5, 0.6) is 11.5 Å². The molecule has 172 valence electrons. The van der Waals surface area contributed by atoms with Gasteiger partial charge in [-0.05, 0) is 35.4 Å². The van der Waals surface area contributed by atoms with Crippen LogP contribution in [0.25, 0.3) is 0 Å². The maximum absolute atomic E-state index is 5.83. The number of thiazole rings is 1. The van der Waals surface area contributed by atoms with Gasteiger partial charge in [-0.25, -0.2) is 9.97 Å². The zero-order valence-corrected chi connectivity index (χ0v) is 19.7. The molecule has 2 aromatic heterocycles. The number of methoxy groups -OCH3 is 2. The van der Waals surface area contributed by atoms with Crippen LogP contribution in [0.3, 0.4) is 0 Å². The Morgan fingerprint density at radius 1 is 0.970 bits per heavy atom. The number of imidazole rings is 1. The first-order valence-electron chi connectivity index (χ1n) is 10.7. The molecule has 33 heavy (non-hydrogen) atoms. The Labute approximate surface area is 198 Å². The van der Waals surface area contributed by atoms with Gasteiger partial charge in [-0.2, -0.15) is 0 Å². The van der Waals surface area contributed by atoms with Crippen molar-refractivity contribution >= 4 is 16.5 Å². The molecule has 0 saturated heterocycles. The van der Waals surface area contributed by atoms with Crippen molar-refractivity contribution in [1.82, 2.24) is 14.5 Å².